The van der Waals surface area contributed by atoms with E-state index in [2.05, 4.69) is 139 Å². The monoisotopic (exact) mass is 624 g/mol. The van der Waals surface area contributed by atoms with Crippen molar-refractivity contribution in [3.05, 3.63) is 0 Å². The van der Waals surface area contributed by atoms with E-state index in [-0.39, 0.29) is 23.3 Å². The lowest BCUT2D eigenvalue weighted by atomic mass is 9.86. The van der Waals surface area contributed by atoms with E-state index in [1.54, 1.807) is 0 Å². The van der Waals surface area contributed by atoms with Gasteiger partial charge in [-0.15, -0.1) is 0 Å². The average molecular weight is 624 g/mol. The number of nitrogens with zero attached hydrogens (tertiary/aromatic N) is 3. The van der Waals surface area contributed by atoms with Crippen LogP contribution in [0.2, 0.25) is 0 Å². The second kappa shape index (κ2) is 15.3. The molecule has 3 aliphatic heterocycles. The first-order valence-electron chi connectivity index (χ1n) is 18.1. The third kappa shape index (κ3) is 15.6. The van der Waals surface area contributed by atoms with Gasteiger partial charge in [-0.1, -0.05) is 62.3 Å². The Morgan fingerprint density at radius 2 is 0.750 bits per heavy atom. The van der Waals surface area contributed by atoms with Crippen molar-refractivity contribution in [2.45, 2.75) is 217 Å². The highest BCUT2D eigenvalue weighted by molar-refractivity contribution is 4.95. The van der Waals surface area contributed by atoms with Gasteiger partial charge in [-0.2, -0.15) is 0 Å². The molecule has 5 nitrogen and oxygen atoms in total. The first-order valence-corrected chi connectivity index (χ1v) is 18.1. The third-order valence-corrected chi connectivity index (χ3v) is 9.29. The Kier molecular flexibility index (Phi) is 14.6. The summed E-state index contributed by atoms with van der Waals surface area (Å²) in [5.74, 6) is 0. The molecule has 0 amide bonds. The fourth-order valence-corrected chi connectivity index (χ4v) is 7.87. The van der Waals surface area contributed by atoms with Crippen molar-refractivity contribution in [1.82, 2.24) is 14.7 Å². The molecule has 44 heavy (non-hydrogen) atoms. The van der Waals surface area contributed by atoms with E-state index in [4.69, 9.17) is 0 Å². The highest BCUT2D eigenvalue weighted by Gasteiger charge is 2.40. The van der Waals surface area contributed by atoms with Crippen LogP contribution >= 0.6 is 0 Å². The molecule has 3 aliphatic rings. The van der Waals surface area contributed by atoms with E-state index in [0.29, 0.717) is 33.9 Å². The van der Waals surface area contributed by atoms with Gasteiger partial charge in [0, 0.05) is 47.8 Å². The summed E-state index contributed by atoms with van der Waals surface area (Å²) in [5, 5.41) is 19.6. The first-order chi connectivity index (χ1) is 19.4. The van der Waals surface area contributed by atoms with Gasteiger partial charge in [-0.05, 0) is 130 Å². The van der Waals surface area contributed by atoms with Crippen molar-refractivity contribution in [3.8, 4) is 0 Å². The van der Waals surface area contributed by atoms with Gasteiger partial charge in [0.05, 0.1) is 12.2 Å². The van der Waals surface area contributed by atoms with E-state index >= 15 is 0 Å². The molecule has 0 unspecified atom stereocenters. The van der Waals surface area contributed by atoms with Gasteiger partial charge < -0.3 is 10.2 Å². The third-order valence-electron chi connectivity index (χ3n) is 9.29. The largest absolute Gasteiger partial charge is 0.392 e. The normalized spacial score (nSPS) is 28.5. The van der Waals surface area contributed by atoms with Gasteiger partial charge in [0.25, 0.3) is 0 Å². The molecule has 0 saturated carbocycles. The van der Waals surface area contributed by atoms with E-state index in [9.17, 15) is 10.2 Å². The zero-order valence-corrected chi connectivity index (χ0v) is 33.2. The van der Waals surface area contributed by atoms with Crippen molar-refractivity contribution in [2.24, 2.45) is 16.2 Å². The molecular formula is C39H81N3O2. The van der Waals surface area contributed by atoms with Crippen molar-refractivity contribution < 1.29 is 10.2 Å². The maximum absolute atomic E-state index is 9.79. The summed E-state index contributed by atoms with van der Waals surface area (Å²) < 4.78 is 0. The smallest absolute Gasteiger partial charge is 0.0682 e. The highest BCUT2D eigenvalue weighted by atomic mass is 16.3. The molecule has 5 atom stereocenters. The van der Waals surface area contributed by atoms with E-state index in [1.165, 1.54) is 38.6 Å². The number of β-amino-alcohol motifs (C(OH)–C–C–N with tert-alkyl or cyclic N) is 2. The topological polar surface area (TPSA) is 50.2 Å². The number of aliphatic hydroxyl groups is 2. The van der Waals surface area contributed by atoms with Gasteiger partial charge in [-0.25, -0.2) is 0 Å². The van der Waals surface area contributed by atoms with Crippen LogP contribution in [-0.2, 0) is 0 Å². The Bertz CT molecular complexity index is 780. The van der Waals surface area contributed by atoms with E-state index in [0.717, 1.165) is 32.0 Å². The molecule has 3 rings (SSSR count). The molecule has 0 aromatic heterocycles. The Morgan fingerprint density at radius 3 is 1.02 bits per heavy atom. The fraction of sp³-hybridized carbons (Fsp3) is 1.00. The first kappa shape index (κ1) is 41.8. The number of aliphatic hydroxyl groups excluding tert-OH is 2. The van der Waals surface area contributed by atoms with Crippen LogP contribution in [0.5, 0.6) is 0 Å². The van der Waals surface area contributed by atoms with Gasteiger partial charge in [0.1, 0.15) is 0 Å². The maximum atomic E-state index is 9.79. The lowest BCUT2D eigenvalue weighted by Crippen LogP contribution is -2.46. The van der Waals surface area contributed by atoms with E-state index < -0.39 is 0 Å². The summed E-state index contributed by atoms with van der Waals surface area (Å²) >= 11 is 0. The van der Waals surface area contributed by atoms with Crippen LogP contribution in [0.4, 0.5) is 0 Å². The molecule has 5 heteroatoms. The number of likely N-dealkylation sites (tertiary alicyclic amines) is 3. The summed E-state index contributed by atoms with van der Waals surface area (Å²) in [4.78, 5) is 7.62. The van der Waals surface area contributed by atoms with Gasteiger partial charge >= 0.3 is 0 Å². The SMILES string of the molecule is CC(C)(C)C[C@@H]1CCCN1C(C)(C)C.CC(C)(C)C[C@@H]1C[C@@H](O)CN1C(C)(C)C.CC(C)(C)C[C@@H]1C[C@H](O)CN1C(C)(C)C. The van der Waals surface area contributed by atoms with Crippen LogP contribution in [0.25, 0.3) is 0 Å². The Labute approximate surface area is 276 Å². The average Bonchev–Trinajstić information content (AvgIpc) is 3.43. The molecule has 3 fully saturated rings. The molecule has 3 heterocycles. The zero-order chi connectivity index (χ0) is 34.7. The minimum Gasteiger partial charge on any atom is -0.392 e. The number of hydrogen-bond acceptors (Lipinski definition) is 5. The van der Waals surface area contributed by atoms with Crippen LogP contribution in [-0.4, -0.2) is 91.5 Å². The van der Waals surface area contributed by atoms with Crippen molar-refractivity contribution >= 4 is 0 Å². The minimum absolute atomic E-state index is 0.128. The number of hydrogen-bond donors (Lipinski definition) is 2. The Balaban J connectivity index is 0.000000330. The molecule has 2 N–H and O–H groups in total. The molecule has 0 aromatic carbocycles. The summed E-state index contributed by atoms with van der Waals surface area (Å²) in [6, 6.07) is 1.90. The van der Waals surface area contributed by atoms with Crippen LogP contribution in [0.3, 0.4) is 0 Å². The number of rotatable bonds is 3. The van der Waals surface area contributed by atoms with Crippen molar-refractivity contribution in [2.75, 3.05) is 19.6 Å². The quantitative estimate of drug-likeness (QED) is 0.329. The van der Waals surface area contributed by atoms with Crippen molar-refractivity contribution in [1.29, 1.82) is 0 Å². The predicted molar refractivity (Wildman–Crippen MR) is 193 cm³/mol. The standard InChI is InChI=1S/2C13H27NO.C13H27N/c2*1-12(2,3)8-10-7-11(15)9-14(10)13(4,5)6;1-12(2,3)10-11-8-7-9-14(11)13(4,5)6/h2*10-11,15H,7-9H2,1-6H3;11H,7-10H2,1-6H3/t10-,11+;10-,11-;11-/m000/s1. The van der Waals surface area contributed by atoms with Crippen LogP contribution in [0.1, 0.15) is 170 Å². The molecule has 0 aromatic rings. The second-order valence-electron chi connectivity index (χ2n) is 21.2. The lowest BCUT2D eigenvalue weighted by molar-refractivity contribution is 0.0862. The highest BCUT2D eigenvalue weighted by Crippen LogP contribution is 2.36. The zero-order valence-electron chi connectivity index (χ0n) is 33.2. The van der Waals surface area contributed by atoms with E-state index in [1.807, 2.05) is 0 Å². The lowest BCUT2D eigenvalue weighted by Gasteiger charge is -2.39. The van der Waals surface area contributed by atoms with Gasteiger partial charge in [0.15, 0.2) is 0 Å². The van der Waals surface area contributed by atoms with Crippen LogP contribution in [0, 0.1) is 16.2 Å². The second-order valence-corrected chi connectivity index (χ2v) is 21.2. The molecule has 0 aliphatic carbocycles. The summed E-state index contributed by atoms with van der Waals surface area (Å²) in [7, 11) is 0. The molecule has 3 saturated heterocycles. The van der Waals surface area contributed by atoms with Crippen LogP contribution in [0.15, 0.2) is 0 Å². The molecule has 0 radical (unpaired) electrons. The molecular weight excluding hydrogens is 542 g/mol. The molecule has 0 bridgehead atoms. The Morgan fingerprint density at radius 1 is 0.455 bits per heavy atom. The van der Waals surface area contributed by atoms with Crippen molar-refractivity contribution in [3.63, 3.8) is 0 Å². The predicted octanol–water partition coefficient (Wildman–Crippen LogP) is 9.00. The summed E-state index contributed by atoms with van der Waals surface area (Å²) in [5.41, 5.74) is 1.86. The van der Waals surface area contributed by atoms with Gasteiger partial charge in [0.2, 0.25) is 0 Å². The fourth-order valence-electron chi connectivity index (χ4n) is 7.87. The molecule has 0 spiro atoms. The molecule has 264 valence electrons. The van der Waals surface area contributed by atoms with Crippen LogP contribution < -0.4 is 0 Å². The summed E-state index contributed by atoms with van der Waals surface area (Å²) in [6.07, 6.45) is 8.08. The minimum atomic E-state index is -0.128. The van der Waals surface area contributed by atoms with Gasteiger partial charge in [-0.3, -0.25) is 14.7 Å². The summed E-state index contributed by atoms with van der Waals surface area (Å²) in [6.45, 7) is 44.1. The maximum Gasteiger partial charge on any atom is 0.0682 e. The Hall–Kier alpha value is -0.200.